The second kappa shape index (κ2) is 16.0. The summed E-state index contributed by atoms with van der Waals surface area (Å²) in [5, 5.41) is 0. The maximum absolute atomic E-state index is 12.3. The Bertz CT molecular complexity index is 643. The van der Waals surface area contributed by atoms with Gasteiger partial charge in [-0.25, -0.2) is 9.59 Å². The molecule has 1 aliphatic heterocycles. The number of carbonyl (C=O) groups excluding carboxylic acids is 4. The molecule has 0 aromatic heterocycles. The van der Waals surface area contributed by atoms with E-state index in [0.29, 0.717) is 45.1 Å². The number of ether oxygens (including phenoxy) is 5. The molecule has 1 rings (SSSR count). The van der Waals surface area contributed by atoms with E-state index in [0.717, 1.165) is 12.2 Å². The summed E-state index contributed by atoms with van der Waals surface area (Å²) in [6.07, 6.45) is 4.14. The van der Waals surface area contributed by atoms with Gasteiger partial charge in [-0.2, -0.15) is 0 Å². The first-order valence-corrected chi connectivity index (χ1v) is 10.9. The molecule has 0 aromatic carbocycles. The Morgan fingerprint density at radius 3 is 1.84 bits per heavy atom. The fraction of sp³-hybridized carbons (Fsp3) is 0.652. The monoisotopic (exact) mass is 454 g/mol. The molecule has 1 aliphatic rings. The molecule has 1 saturated heterocycles. The van der Waals surface area contributed by atoms with Crippen LogP contribution in [0.1, 0.15) is 58.3 Å². The van der Waals surface area contributed by atoms with E-state index < -0.39 is 36.1 Å². The molecule has 0 saturated carbocycles. The summed E-state index contributed by atoms with van der Waals surface area (Å²) in [5.74, 6) is -1.79. The smallest absolute Gasteiger partial charge is 0.330 e. The van der Waals surface area contributed by atoms with Gasteiger partial charge in [0.15, 0.2) is 0 Å². The minimum atomic E-state index is -0.587. The number of hydrogen-bond acceptors (Lipinski definition) is 9. The van der Waals surface area contributed by atoms with Crippen LogP contribution in [-0.2, 0) is 42.9 Å². The number of hydrogen-bond donors (Lipinski definition) is 0. The highest BCUT2D eigenvalue weighted by atomic mass is 16.6. The lowest BCUT2D eigenvalue weighted by atomic mass is 10.1. The Balaban J connectivity index is 2.41. The molecule has 1 heterocycles. The van der Waals surface area contributed by atoms with Crippen molar-refractivity contribution in [2.75, 3.05) is 19.8 Å². The molecule has 0 radical (unpaired) electrons. The Morgan fingerprint density at radius 1 is 0.844 bits per heavy atom. The molecule has 0 amide bonds. The van der Waals surface area contributed by atoms with Gasteiger partial charge in [-0.15, -0.1) is 0 Å². The van der Waals surface area contributed by atoms with E-state index in [2.05, 4.69) is 13.2 Å². The lowest BCUT2D eigenvalue weighted by molar-refractivity contribution is -0.169. The van der Waals surface area contributed by atoms with Crippen LogP contribution in [0.4, 0.5) is 0 Å². The minimum absolute atomic E-state index is 0.130. The first kappa shape index (κ1) is 27.4. The number of esters is 4. The van der Waals surface area contributed by atoms with Gasteiger partial charge in [0.25, 0.3) is 0 Å². The molecule has 9 heteroatoms. The zero-order valence-electron chi connectivity index (χ0n) is 18.8. The molecular formula is C23H34O9. The molecule has 3 atom stereocenters. The summed E-state index contributed by atoms with van der Waals surface area (Å²) >= 11 is 0. The van der Waals surface area contributed by atoms with Crippen molar-refractivity contribution in [2.45, 2.75) is 76.6 Å². The molecule has 1 fully saturated rings. The summed E-state index contributed by atoms with van der Waals surface area (Å²) in [7, 11) is 0. The molecule has 0 aliphatic carbocycles. The number of carbonyl (C=O) groups is 4. The van der Waals surface area contributed by atoms with E-state index in [1.54, 1.807) is 0 Å². The zero-order chi connectivity index (χ0) is 23.8. The van der Waals surface area contributed by atoms with E-state index >= 15 is 0 Å². The van der Waals surface area contributed by atoms with Crippen molar-refractivity contribution in [3.05, 3.63) is 25.3 Å². The largest absolute Gasteiger partial charge is 0.463 e. The SMILES string of the molecule is C=CC(=O)OCCCCC(=O)O[C@H]1CC(C)OCC[C@H]1OC(=O)CCCCOC(=O)C=C. The average molecular weight is 455 g/mol. The van der Waals surface area contributed by atoms with Gasteiger partial charge in [-0.1, -0.05) is 13.2 Å². The highest BCUT2D eigenvalue weighted by molar-refractivity contribution is 5.81. The van der Waals surface area contributed by atoms with Gasteiger partial charge < -0.3 is 23.7 Å². The number of unbranched alkanes of at least 4 members (excludes halogenated alkanes) is 2. The van der Waals surface area contributed by atoms with Crippen molar-refractivity contribution in [3.8, 4) is 0 Å². The van der Waals surface area contributed by atoms with Gasteiger partial charge in [0.1, 0.15) is 12.2 Å². The summed E-state index contributed by atoms with van der Waals surface area (Å²) in [5.41, 5.74) is 0. The van der Waals surface area contributed by atoms with Gasteiger partial charge in [0.05, 0.1) is 25.9 Å². The van der Waals surface area contributed by atoms with Crippen LogP contribution < -0.4 is 0 Å². The van der Waals surface area contributed by atoms with E-state index in [1.165, 1.54) is 0 Å². The van der Waals surface area contributed by atoms with Crippen LogP contribution >= 0.6 is 0 Å². The molecule has 0 aromatic rings. The third kappa shape index (κ3) is 12.2. The molecule has 0 N–H and O–H groups in total. The Hall–Kier alpha value is -2.68. The van der Waals surface area contributed by atoms with Crippen LogP contribution in [0.15, 0.2) is 25.3 Å². The van der Waals surface area contributed by atoms with Crippen LogP contribution in [0, 0.1) is 0 Å². The van der Waals surface area contributed by atoms with Crippen LogP contribution in [0.5, 0.6) is 0 Å². The van der Waals surface area contributed by atoms with Crippen molar-refractivity contribution in [1.29, 1.82) is 0 Å². The summed E-state index contributed by atoms with van der Waals surface area (Å²) < 4.78 is 26.5. The highest BCUT2D eigenvalue weighted by Crippen LogP contribution is 2.22. The van der Waals surface area contributed by atoms with Gasteiger partial charge >= 0.3 is 23.9 Å². The summed E-state index contributed by atoms with van der Waals surface area (Å²) in [4.78, 5) is 46.5. The standard InChI is InChI=1S/C23H34O9/c1-4-20(24)29-13-8-6-10-22(26)31-18-12-15-28-17(3)16-19(18)32-23(27)11-7-9-14-30-21(25)5-2/h4-5,17-19H,1-2,6-16H2,3H3/t17?,18-,19+/m1/s1. The quantitative estimate of drug-likeness (QED) is 0.169. The maximum Gasteiger partial charge on any atom is 0.330 e. The van der Waals surface area contributed by atoms with E-state index in [-0.39, 0.29) is 32.2 Å². The van der Waals surface area contributed by atoms with Gasteiger partial charge in [-0.3, -0.25) is 9.59 Å². The average Bonchev–Trinajstić information content (AvgIpc) is 2.93. The number of rotatable bonds is 14. The second-order valence-corrected chi connectivity index (χ2v) is 7.42. The molecule has 9 nitrogen and oxygen atoms in total. The highest BCUT2D eigenvalue weighted by Gasteiger charge is 2.32. The van der Waals surface area contributed by atoms with Crippen LogP contribution in [0.3, 0.4) is 0 Å². The normalized spacial score (nSPS) is 20.3. The Morgan fingerprint density at radius 2 is 1.34 bits per heavy atom. The molecule has 0 spiro atoms. The van der Waals surface area contributed by atoms with E-state index in [1.807, 2.05) is 6.92 Å². The predicted octanol–water partition coefficient (Wildman–Crippen LogP) is 2.81. The van der Waals surface area contributed by atoms with Crippen LogP contribution in [0.2, 0.25) is 0 Å². The van der Waals surface area contributed by atoms with Crippen molar-refractivity contribution in [1.82, 2.24) is 0 Å². The fourth-order valence-electron chi connectivity index (χ4n) is 3.04. The summed E-state index contributed by atoms with van der Waals surface area (Å²) in [6, 6.07) is 0. The predicted molar refractivity (Wildman–Crippen MR) is 114 cm³/mol. The fourth-order valence-corrected chi connectivity index (χ4v) is 3.04. The van der Waals surface area contributed by atoms with E-state index in [9.17, 15) is 19.2 Å². The second-order valence-electron chi connectivity index (χ2n) is 7.42. The first-order chi connectivity index (χ1) is 15.3. The molecule has 32 heavy (non-hydrogen) atoms. The molecule has 180 valence electrons. The topological polar surface area (TPSA) is 114 Å². The lowest BCUT2D eigenvalue weighted by Gasteiger charge is -2.25. The molecule has 0 bridgehead atoms. The van der Waals surface area contributed by atoms with Gasteiger partial charge in [0.2, 0.25) is 0 Å². The zero-order valence-corrected chi connectivity index (χ0v) is 18.8. The lowest BCUT2D eigenvalue weighted by Crippen LogP contribution is -2.36. The van der Waals surface area contributed by atoms with Gasteiger partial charge in [-0.05, 0) is 32.6 Å². The van der Waals surface area contributed by atoms with Crippen molar-refractivity contribution < 1.29 is 42.9 Å². The third-order valence-corrected chi connectivity index (χ3v) is 4.72. The van der Waals surface area contributed by atoms with Crippen molar-refractivity contribution >= 4 is 23.9 Å². The van der Waals surface area contributed by atoms with Crippen molar-refractivity contribution in [2.24, 2.45) is 0 Å². The summed E-state index contributed by atoms with van der Waals surface area (Å²) in [6.45, 7) is 9.32. The van der Waals surface area contributed by atoms with Crippen LogP contribution in [0.25, 0.3) is 0 Å². The van der Waals surface area contributed by atoms with E-state index in [4.69, 9.17) is 23.7 Å². The first-order valence-electron chi connectivity index (χ1n) is 10.9. The minimum Gasteiger partial charge on any atom is -0.463 e. The third-order valence-electron chi connectivity index (χ3n) is 4.72. The Kier molecular flexibility index (Phi) is 13.7. The molecular weight excluding hydrogens is 420 g/mol. The van der Waals surface area contributed by atoms with Gasteiger partial charge in [0, 0.05) is 37.8 Å². The van der Waals surface area contributed by atoms with Crippen LogP contribution in [-0.4, -0.2) is 62.0 Å². The molecule has 1 unspecified atom stereocenters. The Labute approximate surface area is 189 Å². The maximum atomic E-state index is 12.3. The van der Waals surface area contributed by atoms with Crippen molar-refractivity contribution in [3.63, 3.8) is 0 Å².